The maximum absolute atomic E-state index is 11.3. The third kappa shape index (κ3) is 4.72. The van der Waals surface area contributed by atoms with Crippen molar-refractivity contribution in [1.29, 1.82) is 0 Å². The maximum Gasteiger partial charge on any atom is 0.187 e. The number of benzene rings is 2. The van der Waals surface area contributed by atoms with Crippen molar-refractivity contribution in [3.8, 4) is 0 Å². The fourth-order valence-corrected chi connectivity index (χ4v) is 5.99. The van der Waals surface area contributed by atoms with Crippen LogP contribution in [0.1, 0.15) is 0 Å². The van der Waals surface area contributed by atoms with Crippen molar-refractivity contribution in [2.45, 2.75) is 19.6 Å². The van der Waals surface area contributed by atoms with Gasteiger partial charge in [0.2, 0.25) is 0 Å². The Morgan fingerprint density at radius 1 is 0.773 bits per heavy atom. The molecule has 0 aliphatic heterocycles. The van der Waals surface area contributed by atoms with E-state index >= 15 is 0 Å². The molecule has 2 rings (SSSR count). The molecule has 0 bridgehead atoms. The minimum Gasteiger partial charge on any atom is -0.302 e. The van der Waals surface area contributed by atoms with Gasteiger partial charge in [-0.2, -0.15) is 0 Å². The average molecular weight is 415 g/mol. The molecule has 0 aliphatic rings. The predicted molar refractivity (Wildman–Crippen MR) is 92.7 cm³/mol. The molecule has 2 N–H and O–H groups in total. The summed E-state index contributed by atoms with van der Waals surface area (Å²) in [5, 5.41) is 0.714. The highest BCUT2D eigenvalue weighted by Gasteiger charge is 2.14. The maximum atomic E-state index is 11.3. The molecule has 2 atom stereocenters. The zero-order valence-corrected chi connectivity index (χ0v) is 15.3. The van der Waals surface area contributed by atoms with Gasteiger partial charge in [-0.05, 0) is 36.4 Å². The smallest absolute Gasteiger partial charge is 0.187 e. The highest BCUT2D eigenvalue weighted by atomic mass is 35.5. The van der Waals surface area contributed by atoms with E-state index in [1.54, 1.807) is 24.3 Å². The van der Waals surface area contributed by atoms with E-state index in [4.69, 9.17) is 23.2 Å². The van der Waals surface area contributed by atoms with Crippen molar-refractivity contribution in [2.75, 3.05) is 0 Å². The lowest BCUT2D eigenvalue weighted by Crippen LogP contribution is -1.92. The summed E-state index contributed by atoms with van der Waals surface area (Å²) in [6, 6.07) is 9.27. The molecule has 0 amide bonds. The lowest BCUT2D eigenvalue weighted by molar-refractivity contribution is 0.560. The second-order valence-electron chi connectivity index (χ2n) is 3.85. The van der Waals surface area contributed by atoms with Crippen LogP contribution in [0.2, 0.25) is 10.0 Å². The van der Waals surface area contributed by atoms with Crippen LogP contribution in [0.4, 0.5) is 0 Å². The van der Waals surface area contributed by atoms with Crippen molar-refractivity contribution in [3.63, 3.8) is 0 Å². The third-order valence-corrected chi connectivity index (χ3v) is 7.05. The fourth-order valence-electron chi connectivity index (χ4n) is 1.46. The Kier molecular flexibility index (Phi) is 6.78. The van der Waals surface area contributed by atoms with Crippen molar-refractivity contribution < 1.29 is 17.5 Å². The summed E-state index contributed by atoms with van der Waals surface area (Å²) in [6.07, 6.45) is 0. The zero-order chi connectivity index (χ0) is 16.3. The third-order valence-electron chi connectivity index (χ3n) is 2.41. The van der Waals surface area contributed by atoms with Crippen molar-refractivity contribution in [3.05, 3.63) is 46.4 Å². The first-order valence-electron chi connectivity index (χ1n) is 5.54. The van der Waals surface area contributed by atoms with Crippen LogP contribution >= 0.6 is 44.8 Å². The summed E-state index contributed by atoms with van der Waals surface area (Å²) in [5.74, 6) is 0. The van der Waals surface area contributed by atoms with E-state index in [2.05, 4.69) is 0 Å². The molecule has 2 unspecified atom stereocenters. The lowest BCUT2D eigenvalue weighted by atomic mass is 10.4. The van der Waals surface area contributed by atoms with Crippen LogP contribution in [0.5, 0.6) is 0 Å². The number of hydrogen-bond donors (Lipinski definition) is 2. The van der Waals surface area contributed by atoms with Gasteiger partial charge in [0.05, 0.1) is 9.79 Å². The Hall–Kier alpha value is -0.0600. The van der Waals surface area contributed by atoms with E-state index in [9.17, 15) is 17.5 Å². The fraction of sp³-hybridized carbons (Fsp3) is 0. The van der Waals surface area contributed by atoms with Gasteiger partial charge in [-0.15, -0.1) is 0 Å². The molecule has 0 saturated carbocycles. The molecule has 0 aromatic heterocycles. The van der Waals surface area contributed by atoms with Crippen molar-refractivity contribution >= 4 is 67.0 Å². The average Bonchev–Trinajstić information content (AvgIpc) is 2.46. The van der Waals surface area contributed by atoms with Gasteiger partial charge in [-0.1, -0.05) is 44.8 Å². The molecule has 0 saturated heterocycles. The first-order valence-corrected chi connectivity index (χ1v) is 10.7. The Morgan fingerprint density at radius 3 is 1.45 bits per heavy atom. The monoisotopic (exact) mass is 414 g/mol. The molecule has 4 nitrogen and oxygen atoms in total. The minimum absolute atomic E-state index is 0.186. The summed E-state index contributed by atoms with van der Waals surface area (Å²) in [6.45, 7) is 0. The molecule has 0 heterocycles. The van der Waals surface area contributed by atoms with E-state index in [-0.39, 0.29) is 9.79 Å². The molecule has 0 spiro atoms. The Labute approximate surface area is 149 Å². The number of hydrogen-bond acceptors (Lipinski definition) is 4. The van der Waals surface area contributed by atoms with Crippen LogP contribution < -0.4 is 0 Å². The van der Waals surface area contributed by atoms with Gasteiger partial charge in [0, 0.05) is 19.8 Å². The molecule has 118 valence electrons. The van der Waals surface area contributed by atoms with Gasteiger partial charge in [0.15, 0.2) is 22.2 Å². The molecule has 0 fully saturated rings. The Morgan fingerprint density at radius 2 is 1.14 bits per heavy atom. The van der Waals surface area contributed by atoms with E-state index in [0.717, 1.165) is 0 Å². The van der Waals surface area contributed by atoms with E-state index < -0.39 is 22.2 Å². The highest BCUT2D eigenvalue weighted by molar-refractivity contribution is 8.76. The van der Waals surface area contributed by atoms with Gasteiger partial charge in [-0.25, -0.2) is 8.42 Å². The SMILES string of the molecule is O=S(O)c1cc(Cl)ccc1SSc1ccc(Cl)cc1S(=O)O. The Bertz CT molecular complexity index is 690. The normalized spacial score (nSPS) is 13.8. The van der Waals surface area contributed by atoms with Crippen LogP contribution in [0, 0.1) is 0 Å². The van der Waals surface area contributed by atoms with E-state index in [1.165, 1.54) is 33.7 Å². The van der Waals surface area contributed by atoms with Crippen molar-refractivity contribution in [1.82, 2.24) is 0 Å². The van der Waals surface area contributed by atoms with E-state index in [0.29, 0.717) is 19.8 Å². The van der Waals surface area contributed by atoms with Crippen LogP contribution in [-0.2, 0) is 22.2 Å². The van der Waals surface area contributed by atoms with Crippen LogP contribution in [0.3, 0.4) is 0 Å². The summed E-state index contributed by atoms with van der Waals surface area (Å²) < 4.78 is 41.2. The zero-order valence-electron chi connectivity index (χ0n) is 10.6. The van der Waals surface area contributed by atoms with Gasteiger partial charge >= 0.3 is 0 Å². The molecular weight excluding hydrogens is 407 g/mol. The quantitative estimate of drug-likeness (QED) is 0.532. The van der Waals surface area contributed by atoms with Crippen molar-refractivity contribution in [2.24, 2.45) is 0 Å². The first kappa shape index (κ1) is 18.3. The lowest BCUT2D eigenvalue weighted by Gasteiger charge is -2.08. The second kappa shape index (κ2) is 8.16. The summed E-state index contributed by atoms with van der Waals surface area (Å²) in [7, 11) is 2.38. The first-order chi connectivity index (χ1) is 10.4. The van der Waals surface area contributed by atoms with Crippen LogP contribution in [-0.4, -0.2) is 17.5 Å². The molecule has 2 aromatic rings. The molecule has 0 aliphatic carbocycles. The molecule has 2 aromatic carbocycles. The van der Waals surface area contributed by atoms with Crippen LogP contribution in [0.15, 0.2) is 56.0 Å². The van der Waals surface area contributed by atoms with Gasteiger partial charge in [0.1, 0.15) is 0 Å². The summed E-state index contributed by atoms with van der Waals surface area (Å²) >= 11 is 7.27. The topological polar surface area (TPSA) is 74.6 Å². The molecule has 22 heavy (non-hydrogen) atoms. The van der Waals surface area contributed by atoms with Gasteiger partial charge < -0.3 is 9.11 Å². The van der Waals surface area contributed by atoms with Gasteiger partial charge in [-0.3, -0.25) is 0 Å². The Balaban J connectivity index is 2.28. The van der Waals surface area contributed by atoms with Gasteiger partial charge in [0.25, 0.3) is 0 Å². The standard InChI is InChI=1S/C12H8Cl2O4S4/c13-7-1-3-9(11(5-7)21(15)16)19-20-10-4-2-8(14)6-12(10)22(17)18/h1-6H,(H,15,16)(H,17,18). The van der Waals surface area contributed by atoms with Crippen LogP contribution in [0.25, 0.3) is 0 Å². The molecule has 10 heteroatoms. The number of halogens is 2. The van der Waals surface area contributed by atoms with E-state index in [1.807, 2.05) is 0 Å². The number of rotatable bonds is 5. The molecular formula is C12H8Cl2O4S4. The second-order valence-corrected chi connectivity index (χ2v) is 8.81. The minimum atomic E-state index is -2.18. The predicted octanol–water partition coefficient (Wildman–Crippen LogP) is 4.95. The summed E-state index contributed by atoms with van der Waals surface area (Å²) in [4.78, 5) is 1.45. The highest BCUT2D eigenvalue weighted by Crippen LogP contribution is 2.42. The largest absolute Gasteiger partial charge is 0.302 e. The molecule has 0 radical (unpaired) electrons. The summed E-state index contributed by atoms with van der Waals surface area (Å²) in [5.41, 5.74) is 0.